The third kappa shape index (κ3) is 5.09. The molecule has 1 amide bonds. The van der Waals surface area contributed by atoms with Crippen LogP contribution in [0.4, 0.5) is 5.69 Å². The number of hydrogen-bond acceptors (Lipinski definition) is 5. The molecule has 0 unspecified atom stereocenters. The van der Waals surface area contributed by atoms with E-state index < -0.39 is 15.6 Å². The van der Waals surface area contributed by atoms with Gasteiger partial charge in [-0.25, -0.2) is 8.42 Å². The van der Waals surface area contributed by atoms with E-state index in [1.807, 2.05) is 7.05 Å². The highest BCUT2D eigenvalue weighted by Gasteiger charge is 2.46. The molecule has 7 nitrogen and oxygen atoms in total. The van der Waals surface area contributed by atoms with Crippen molar-refractivity contribution in [3.05, 3.63) is 24.3 Å². The van der Waals surface area contributed by atoms with Crippen molar-refractivity contribution in [2.75, 3.05) is 38.5 Å². The molecule has 1 saturated heterocycles. The second-order valence-electron chi connectivity index (χ2n) is 6.70. The number of amides is 1. The molecule has 0 atom stereocenters. The number of likely N-dealkylation sites (N-methyl/N-ethyl adjacent to an activating group) is 1. The minimum atomic E-state index is -3.56. The number of sulfonamides is 1. The average Bonchev–Trinajstić information content (AvgIpc) is 3.32. The van der Waals surface area contributed by atoms with Crippen LogP contribution in [-0.4, -0.2) is 62.3 Å². The maximum atomic E-state index is 12.9. The van der Waals surface area contributed by atoms with E-state index in [4.69, 9.17) is 5.73 Å². The Morgan fingerprint density at radius 1 is 1.15 bits per heavy atom. The van der Waals surface area contributed by atoms with Gasteiger partial charge in [0.1, 0.15) is 0 Å². The van der Waals surface area contributed by atoms with Crippen LogP contribution in [0.5, 0.6) is 0 Å². The maximum Gasteiger partial charge on any atom is 0.244 e. The second kappa shape index (κ2) is 8.86. The van der Waals surface area contributed by atoms with Crippen LogP contribution in [0.15, 0.2) is 29.2 Å². The molecule has 3 N–H and O–H groups in total. The molecule has 1 aromatic rings. The van der Waals surface area contributed by atoms with Gasteiger partial charge in [-0.3, -0.25) is 4.79 Å². The van der Waals surface area contributed by atoms with E-state index in [2.05, 4.69) is 10.2 Å². The Balaban J connectivity index is 0.00000169. The van der Waals surface area contributed by atoms with E-state index in [0.717, 1.165) is 13.0 Å². The predicted molar refractivity (Wildman–Crippen MR) is 107 cm³/mol. The molecule has 148 valence electrons. The Bertz CT molecular complexity index is 741. The molecular formula is C16H26Cl2N4O3S. The summed E-state index contributed by atoms with van der Waals surface area (Å²) in [6.45, 7) is 2.59. The van der Waals surface area contributed by atoms with Crippen molar-refractivity contribution < 1.29 is 13.2 Å². The minimum absolute atomic E-state index is 0. The van der Waals surface area contributed by atoms with E-state index >= 15 is 0 Å². The number of carbonyl (C=O) groups excluding carboxylic acids is 1. The van der Waals surface area contributed by atoms with Gasteiger partial charge in [-0.2, -0.15) is 4.31 Å². The Morgan fingerprint density at radius 3 is 2.50 bits per heavy atom. The smallest absolute Gasteiger partial charge is 0.244 e. The Labute approximate surface area is 167 Å². The zero-order valence-corrected chi connectivity index (χ0v) is 17.1. The Hall–Kier alpha value is -0.900. The third-order valence-electron chi connectivity index (χ3n) is 4.65. The van der Waals surface area contributed by atoms with E-state index in [0.29, 0.717) is 38.2 Å². The van der Waals surface area contributed by atoms with Gasteiger partial charge in [-0.15, -0.1) is 24.8 Å². The fraction of sp³-hybridized carbons (Fsp3) is 0.562. The largest absolute Gasteiger partial charge is 0.324 e. The number of carbonyl (C=O) groups is 1. The number of halogens is 2. The number of anilines is 1. The SMILES string of the molecule is CN1CCCN(S(=O)(=O)c2cccc(NC(=O)C3(N)CC3)c2)CC1.Cl.Cl. The Morgan fingerprint density at radius 2 is 1.85 bits per heavy atom. The lowest BCUT2D eigenvalue weighted by Gasteiger charge is -2.20. The number of hydrogen-bond donors (Lipinski definition) is 2. The van der Waals surface area contributed by atoms with Crippen LogP contribution in [-0.2, 0) is 14.8 Å². The van der Waals surface area contributed by atoms with Crippen molar-refractivity contribution in [3.8, 4) is 0 Å². The second-order valence-corrected chi connectivity index (χ2v) is 8.64. The maximum absolute atomic E-state index is 12.9. The van der Waals surface area contributed by atoms with Gasteiger partial charge in [0.05, 0.1) is 10.4 Å². The van der Waals surface area contributed by atoms with E-state index in [-0.39, 0.29) is 35.6 Å². The van der Waals surface area contributed by atoms with Gasteiger partial charge in [0.25, 0.3) is 0 Å². The molecule has 2 fully saturated rings. The molecule has 0 radical (unpaired) electrons. The molecule has 26 heavy (non-hydrogen) atoms. The van der Waals surface area contributed by atoms with Crippen LogP contribution < -0.4 is 11.1 Å². The van der Waals surface area contributed by atoms with Crippen molar-refractivity contribution in [2.24, 2.45) is 5.73 Å². The summed E-state index contributed by atoms with van der Waals surface area (Å²) >= 11 is 0. The van der Waals surface area contributed by atoms with Gasteiger partial charge in [-0.05, 0) is 51.1 Å². The first-order valence-corrected chi connectivity index (χ1v) is 9.64. The fourth-order valence-electron chi connectivity index (χ4n) is 2.76. The molecule has 1 aromatic carbocycles. The molecule has 1 aliphatic carbocycles. The number of rotatable bonds is 4. The molecule has 3 rings (SSSR count). The molecule has 10 heteroatoms. The van der Waals surface area contributed by atoms with E-state index in [9.17, 15) is 13.2 Å². The number of nitrogens with zero attached hydrogens (tertiary/aromatic N) is 2. The topological polar surface area (TPSA) is 95.7 Å². The zero-order chi connectivity index (χ0) is 17.4. The quantitative estimate of drug-likeness (QED) is 0.758. The molecule has 0 aromatic heterocycles. The van der Waals surface area contributed by atoms with Crippen LogP contribution in [0, 0.1) is 0 Å². The normalized spacial score (nSPS) is 20.2. The first-order chi connectivity index (χ1) is 11.3. The van der Waals surface area contributed by atoms with Gasteiger partial charge in [0.2, 0.25) is 15.9 Å². The summed E-state index contributed by atoms with van der Waals surface area (Å²) in [5.74, 6) is -0.256. The van der Waals surface area contributed by atoms with Crippen LogP contribution >= 0.6 is 24.8 Å². The highest BCUT2D eigenvalue weighted by molar-refractivity contribution is 7.89. The summed E-state index contributed by atoms with van der Waals surface area (Å²) in [6.07, 6.45) is 2.14. The fourth-order valence-corrected chi connectivity index (χ4v) is 4.28. The number of nitrogens with one attached hydrogen (secondary N) is 1. The summed E-state index contributed by atoms with van der Waals surface area (Å²) in [5, 5.41) is 2.72. The highest BCUT2D eigenvalue weighted by Crippen LogP contribution is 2.33. The number of nitrogens with two attached hydrogens (primary N) is 1. The molecule has 0 bridgehead atoms. The molecular weight excluding hydrogens is 399 g/mol. The van der Waals surface area contributed by atoms with Crippen molar-refractivity contribution in [1.29, 1.82) is 0 Å². The van der Waals surface area contributed by atoms with Crippen LogP contribution in [0.3, 0.4) is 0 Å². The number of benzene rings is 1. The van der Waals surface area contributed by atoms with Crippen molar-refractivity contribution in [3.63, 3.8) is 0 Å². The highest BCUT2D eigenvalue weighted by atomic mass is 35.5. The van der Waals surface area contributed by atoms with Gasteiger partial charge >= 0.3 is 0 Å². The van der Waals surface area contributed by atoms with Gasteiger partial charge < -0.3 is 16.0 Å². The zero-order valence-electron chi connectivity index (χ0n) is 14.7. The molecule has 1 aliphatic heterocycles. The lowest BCUT2D eigenvalue weighted by atomic mass is 10.2. The summed E-state index contributed by atoms with van der Waals surface area (Å²) in [4.78, 5) is 14.4. The molecule has 1 saturated carbocycles. The average molecular weight is 425 g/mol. The van der Waals surface area contributed by atoms with Crippen LogP contribution in [0.25, 0.3) is 0 Å². The lowest BCUT2D eigenvalue weighted by Crippen LogP contribution is -2.38. The van der Waals surface area contributed by atoms with Crippen LogP contribution in [0.1, 0.15) is 19.3 Å². The predicted octanol–water partition coefficient (Wildman–Crippen LogP) is 1.29. The lowest BCUT2D eigenvalue weighted by molar-refractivity contribution is -0.118. The summed E-state index contributed by atoms with van der Waals surface area (Å²) < 4.78 is 27.2. The van der Waals surface area contributed by atoms with Gasteiger partial charge in [0, 0.05) is 25.3 Å². The van der Waals surface area contributed by atoms with E-state index in [1.54, 1.807) is 18.2 Å². The summed E-state index contributed by atoms with van der Waals surface area (Å²) in [7, 11) is -1.57. The molecule has 0 spiro atoms. The van der Waals surface area contributed by atoms with Gasteiger partial charge in [-0.1, -0.05) is 6.07 Å². The minimum Gasteiger partial charge on any atom is -0.324 e. The van der Waals surface area contributed by atoms with Gasteiger partial charge in [0.15, 0.2) is 0 Å². The van der Waals surface area contributed by atoms with Crippen molar-refractivity contribution >= 4 is 46.4 Å². The first kappa shape index (κ1) is 23.1. The van der Waals surface area contributed by atoms with Crippen molar-refractivity contribution in [2.45, 2.75) is 29.7 Å². The summed E-state index contributed by atoms with van der Waals surface area (Å²) in [6, 6.07) is 6.39. The first-order valence-electron chi connectivity index (χ1n) is 8.20. The standard InChI is InChI=1S/C16H24N4O3S.2ClH/c1-19-8-3-9-20(11-10-19)24(22,23)14-5-2-4-13(12-14)18-15(21)16(17)6-7-16;;/h2,4-5,12H,3,6-11,17H2,1H3,(H,18,21);2*1H. The van der Waals surface area contributed by atoms with Crippen LogP contribution in [0.2, 0.25) is 0 Å². The molecule has 1 heterocycles. The van der Waals surface area contributed by atoms with E-state index in [1.165, 1.54) is 10.4 Å². The van der Waals surface area contributed by atoms with Crippen molar-refractivity contribution in [1.82, 2.24) is 9.21 Å². The molecule has 2 aliphatic rings. The Kier molecular flexibility index (Phi) is 7.88. The summed E-state index contributed by atoms with van der Waals surface area (Å²) in [5.41, 5.74) is 5.54. The third-order valence-corrected chi connectivity index (χ3v) is 6.54. The monoisotopic (exact) mass is 424 g/mol.